The number of carbonyl (C=O) groups is 1. The first-order chi connectivity index (χ1) is 11.2. The van der Waals surface area contributed by atoms with Gasteiger partial charge in [-0.25, -0.2) is 4.98 Å². The Morgan fingerprint density at radius 3 is 2.70 bits per heavy atom. The Kier molecular flexibility index (Phi) is 3.39. The number of rotatable bonds is 2. The minimum Gasteiger partial charge on any atom is -0.486 e. The summed E-state index contributed by atoms with van der Waals surface area (Å²) >= 11 is 12.2. The highest BCUT2D eigenvalue weighted by atomic mass is 35.5. The van der Waals surface area contributed by atoms with Crippen molar-refractivity contribution in [3.63, 3.8) is 0 Å². The highest BCUT2D eigenvalue weighted by Gasteiger charge is 2.19. The van der Waals surface area contributed by atoms with Crippen LogP contribution in [0, 0.1) is 0 Å². The molecule has 5 nitrogen and oxygen atoms in total. The molecule has 0 atom stereocenters. The number of pyridine rings is 1. The fourth-order valence-electron chi connectivity index (χ4n) is 2.61. The van der Waals surface area contributed by atoms with E-state index in [0.717, 1.165) is 11.8 Å². The number of ether oxygens (including phenoxy) is 2. The summed E-state index contributed by atoms with van der Waals surface area (Å²) in [5.41, 5.74) is 2.11. The molecule has 0 aliphatic carbocycles. The maximum absolute atomic E-state index is 11.6. The Bertz CT molecular complexity index is 937. The number of hydrogen-bond acceptors (Lipinski definition) is 4. The van der Waals surface area contributed by atoms with Crippen molar-refractivity contribution in [2.75, 3.05) is 13.2 Å². The van der Waals surface area contributed by atoms with E-state index in [-0.39, 0.29) is 0 Å². The molecule has 0 fully saturated rings. The molecule has 1 aliphatic heterocycles. The van der Waals surface area contributed by atoms with E-state index < -0.39 is 0 Å². The number of carbonyl (C=O) groups excluding carboxylic acids is 1. The van der Waals surface area contributed by atoms with E-state index in [2.05, 4.69) is 4.98 Å². The second-order valence-electron chi connectivity index (χ2n) is 5.02. The first-order valence-electron chi connectivity index (χ1n) is 6.89. The van der Waals surface area contributed by atoms with Gasteiger partial charge >= 0.3 is 0 Å². The summed E-state index contributed by atoms with van der Waals surface area (Å²) < 4.78 is 12.7. The van der Waals surface area contributed by atoms with Gasteiger partial charge in [0, 0.05) is 11.8 Å². The van der Waals surface area contributed by atoms with Crippen molar-refractivity contribution in [2.45, 2.75) is 0 Å². The molecule has 0 unspecified atom stereocenters. The lowest BCUT2D eigenvalue weighted by Crippen LogP contribution is -2.15. The van der Waals surface area contributed by atoms with E-state index in [1.807, 2.05) is 6.07 Å². The van der Waals surface area contributed by atoms with Crippen LogP contribution in [0.15, 0.2) is 30.5 Å². The van der Waals surface area contributed by atoms with Crippen molar-refractivity contribution in [2.24, 2.45) is 0 Å². The number of hydrogen-bond donors (Lipinski definition) is 0. The normalized spacial score (nSPS) is 13.3. The van der Waals surface area contributed by atoms with Crippen LogP contribution in [-0.4, -0.2) is 28.9 Å². The Morgan fingerprint density at radius 2 is 1.91 bits per heavy atom. The molecule has 0 saturated carbocycles. The van der Waals surface area contributed by atoms with Crippen LogP contribution in [-0.2, 0) is 0 Å². The quantitative estimate of drug-likeness (QED) is 0.659. The number of fused-ring (bicyclic) bond motifs is 2. The van der Waals surface area contributed by atoms with Crippen molar-refractivity contribution in [3.8, 4) is 22.8 Å². The second kappa shape index (κ2) is 5.44. The summed E-state index contributed by atoms with van der Waals surface area (Å²) in [5.74, 6) is 1.31. The molecule has 4 rings (SSSR count). The maximum Gasteiger partial charge on any atom is 0.169 e. The van der Waals surface area contributed by atoms with Gasteiger partial charge in [-0.1, -0.05) is 23.2 Å². The predicted molar refractivity (Wildman–Crippen MR) is 87.0 cm³/mol. The molecule has 0 bridgehead atoms. The molecule has 3 heterocycles. The SMILES string of the molecule is O=Cc1c(-c2ccc3c(c2)OCCO3)nc2c(Cl)cc(Cl)cn12. The van der Waals surface area contributed by atoms with E-state index in [9.17, 15) is 4.79 Å². The summed E-state index contributed by atoms with van der Waals surface area (Å²) in [6, 6.07) is 7.03. The molecule has 0 saturated heterocycles. The predicted octanol–water partition coefficient (Wildman–Crippen LogP) is 3.89. The average Bonchev–Trinajstić information content (AvgIpc) is 2.93. The van der Waals surface area contributed by atoms with Crippen LogP contribution >= 0.6 is 23.2 Å². The highest BCUT2D eigenvalue weighted by Crippen LogP contribution is 2.36. The van der Waals surface area contributed by atoms with Gasteiger partial charge in [0.05, 0.1) is 10.0 Å². The Labute approximate surface area is 141 Å². The van der Waals surface area contributed by atoms with Crippen molar-refractivity contribution < 1.29 is 14.3 Å². The Hall–Kier alpha value is -2.24. The van der Waals surface area contributed by atoms with Crippen molar-refractivity contribution >= 4 is 35.1 Å². The lowest BCUT2D eigenvalue weighted by molar-refractivity contribution is 0.111. The fraction of sp³-hybridized carbons (Fsp3) is 0.125. The van der Waals surface area contributed by atoms with Gasteiger partial charge in [0.2, 0.25) is 0 Å². The molecular formula is C16H10Cl2N2O3. The van der Waals surface area contributed by atoms with Gasteiger partial charge in [-0.15, -0.1) is 0 Å². The molecule has 7 heteroatoms. The molecule has 0 amide bonds. The zero-order valence-electron chi connectivity index (χ0n) is 11.8. The third-order valence-corrected chi connectivity index (χ3v) is 4.09. The van der Waals surface area contributed by atoms with Gasteiger partial charge in [-0.05, 0) is 24.3 Å². The molecule has 23 heavy (non-hydrogen) atoms. The number of imidazole rings is 1. The van der Waals surface area contributed by atoms with Gasteiger partial charge in [-0.3, -0.25) is 9.20 Å². The van der Waals surface area contributed by atoms with E-state index >= 15 is 0 Å². The van der Waals surface area contributed by atoms with Gasteiger partial charge in [0.15, 0.2) is 23.4 Å². The van der Waals surface area contributed by atoms with E-state index in [1.165, 1.54) is 0 Å². The van der Waals surface area contributed by atoms with Crippen LogP contribution in [0.2, 0.25) is 10.0 Å². The van der Waals surface area contributed by atoms with Crippen LogP contribution < -0.4 is 9.47 Å². The van der Waals surface area contributed by atoms with E-state index in [1.54, 1.807) is 28.8 Å². The molecule has 1 aromatic carbocycles. The lowest BCUT2D eigenvalue weighted by Gasteiger charge is -2.18. The minimum atomic E-state index is 0.376. The molecule has 2 aromatic heterocycles. The number of halogens is 2. The van der Waals surface area contributed by atoms with E-state index in [4.69, 9.17) is 32.7 Å². The summed E-state index contributed by atoms with van der Waals surface area (Å²) in [6.45, 7) is 1.01. The molecule has 116 valence electrons. The molecule has 0 radical (unpaired) electrons. The Morgan fingerprint density at radius 1 is 1.13 bits per heavy atom. The summed E-state index contributed by atoms with van der Waals surface area (Å²) in [5, 5.41) is 0.807. The van der Waals surface area contributed by atoms with Crippen molar-refractivity contribution in [1.82, 2.24) is 9.38 Å². The van der Waals surface area contributed by atoms with Crippen LogP contribution in [0.5, 0.6) is 11.5 Å². The van der Waals surface area contributed by atoms with Crippen LogP contribution in [0.3, 0.4) is 0 Å². The Balaban J connectivity index is 1.95. The molecular weight excluding hydrogens is 339 g/mol. The third kappa shape index (κ3) is 2.33. The summed E-state index contributed by atoms with van der Waals surface area (Å²) in [4.78, 5) is 16.1. The number of benzene rings is 1. The molecule has 0 spiro atoms. The van der Waals surface area contributed by atoms with E-state index in [0.29, 0.717) is 51.8 Å². The topological polar surface area (TPSA) is 52.8 Å². The third-order valence-electron chi connectivity index (χ3n) is 3.61. The van der Waals surface area contributed by atoms with Gasteiger partial charge in [0.25, 0.3) is 0 Å². The summed E-state index contributed by atoms with van der Waals surface area (Å²) in [6.07, 6.45) is 2.35. The number of nitrogens with zero attached hydrogens (tertiary/aromatic N) is 2. The van der Waals surface area contributed by atoms with Crippen molar-refractivity contribution in [3.05, 3.63) is 46.2 Å². The largest absolute Gasteiger partial charge is 0.486 e. The zero-order valence-corrected chi connectivity index (χ0v) is 13.3. The smallest absolute Gasteiger partial charge is 0.169 e. The lowest BCUT2D eigenvalue weighted by atomic mass is 10.1. The minimum absolute atomic E-state index is 0.376. The first-order valence-corrected chi connectivity index (χ1v) is 7.65. The van der Waals surface area contributed by atoms with Gasteiger partial charge in [0.1, 0.15) is 24.6 Å². The summed E-state index contributed by atoms with van der Waals surface area (Å²) in [7, 11) is 0. The second-order valence-corrected chi connectivity index (χ2v) is 5.87. The van der Waals surface area contributed by atoms with Gasteiger partial charge in [-0.2, -0.15) is 0 Å². The zero-order chi connectivity index (χ0) is 16.0. The van der Waals surface area contributed by atoms with Crippen LogP contribution in [0.4, 0.5) is 0 Å². The first kappa shape index (κ1) is 14.4. The van der Waals surface area contributed by atoms with Gasteiger partial charge < -0.3 is 9.47 Å². The fourth-order valence-corrected chi connectivity index (χ4v) is 3.12. The molecule has 3 aromatic rings. The molecule has 0 N–H and O–H groups in total. The number of aromatic nitrogens is 2. The monoisotopic (exact) mass is 348 g/mol. The maximum atomic E-state index is 11.6. The standard InChI is InChI=1S/C16H10Cl2N2O3/c17-10-6-11(18)16-19-15(12(8-21)20(16)7-10)9-1-2-13-14(5-9)23-4-3-22-13/h1-2,5-8H,3-4H2. The number of aldehydes is 1. The molecule has 1 aliphatic rings. The average molecular weight is 349 g/mol. The van der Waals surface area contributed by atoms with Crippen LogP contribution in [0.1, 0.15) is 10.5 Å². The highest BCUT2D eigenvalue weighted by molar-refractivity contribution is 6.36. The van der Waals surface area contributed by atoms with Crippen LogP contribution in [0.25, 0.3) is 16.9 Å². The van der Waals surface area contributed by atoms with Crippen molar-refractivity contribution in [1.29, 1.82) is 0 Å².